The lowest BCUT2D eigenvalue weighted by atomic mass is 10.1. The van der Waals surface area contributed by atoms with E-state index in [4.69, 9.17) is 0 Å². The molecule has 0 radical (unpaired) electrons. The molecule has 0 aliphatic carbocycles. The molecule has 9 heteroatoms. The third-order valence-corrected chi connectivity index (χ3v) is 5.53. The minimum atomic E-state index is -3.16. The highest BCUT2D eigenvalue weighted by Gasteiger charge is 2.16. The van der Waals surface area contributed by atoms with Crippen LogP contribution < -0.4 is 10.6 Å². The average Bonchev–Trinajstić information content (AvgIpc) is 2.64. The van der Waals surface area contributed by atoms with Gasteiger partial charge in [0, 0.05) is 32.9 Å². The van der Waals surface area contributed by atoms with Crippen molar-refractivity contribution in [1.82, 2.24) is 15.5 Å². The lowest BCUT2D eigenvalue weighted by Gasteiger charge is -2.27. The van der Waals surface area contributed by atoms with Crippen molar-refractivity contribution in [3.8, 4) is 0 Å². The van der Waals surface area contributed by atoms with Gasteiger partial charge in [0.15, 0.2) is 15.8 Å². The number of piperidine rings is 1. The lowest BCUT2D eigenvalue weighted by molar-refractivity contribution is -0.130. The van der Waals surface area contributed by atoms with Crippen LogP contribution in [0.1, 0.15) is 24.8 Å². The number of carbonyl (C=O) groups excluding carboxylic acids is 1. The van der Waals surface area contributed by atoms with Crippen molar-refractivity contribution in [2.24, 2.45) is 4.99 Å². The summed E-state index contributed by atoms with van der Waals surface area (Å²) in [6, 6.07) is 6.87. The monoisotopic (exact) mass is 508 g/mol. The molecule has 1 aliphatic heterocycles. The summed E-state index contributed by atoms with van der Waals surface area (Å²) in [5.41, 5.74) is 1.03. The van der Waals surface area contributed by atoms with Gasteiger partial charge in [0.1, 0.15) is 0 Å². The van der Waals surface area contributed by atoms with Gasteiger partial charge in [-0.05, 0) is 43.4 Å². The van der Waals surface area contributed by atoms with Crippen LogP contribution in [-0.4, -0.2) is 64.7 Å². The molecule has 0 bridgehead atoms. The van der Waals surface area contributed by atoms with Crippen molar-refractivity contribution >= 4 is 45.7 Å². The summed E-state index contributed by atoms with van der Waals surface area (Å²) in [6.07, 6.45) is 5.29. The number of guanidine groups is 1. The molecule has 1 amide bonds. The van der Waals surface area contributed by atoms with Gasteiger partial charge in [0.05, 0.1) is 11.4 Å². The number of aliphatic imine (C=N–C) groups is 1. The third-order valence-electron chi connectivity index (χ3n) is 4.40. The predicted octanol–water partition coefficient (Wildman–Crippen LogP) is 1.43. The Hall–Kier alpha value is -1.36. The zero-order valence-electron chi connectivity index (χ0n) is 15.9. The SMILES string of the molecule is CN=C(NCCc1ccc(S(C)(=O)=O)cc1)NCC(=O)N1CCCCC1.I. The number of benzene rings is 1. The molecule has 0 spiro atoms. The molecule has 1 saturated heterocycles. The summed E-state index contributed by atoms with van der Waals surface area (Å²) in [7, 11) is -1.49. The maximum absolute atomic E-state index is 12.2. The molecule has 1 fully saturated rings. The highest BCUT2D eigenvalue weighted by Crippen LogP contribution is 2.10. The number of likely N-dealkylation sites (tertiary alicyclic amines) is 1. The van der Waals surface area contributed by atoms with E-state index in [0.29, 0.717) is 17.4 Å². The van der Waals surface area contributed by atoms with Gasteiger partial charge in [-0.3, -0.25) is 9.79 Å². The van der Waals surface area contributed by atoms with Crippen LogP contribution in [0.4, 0.5) is 0 Å². The van der Waals surface area contributed by atoms with Crippen LogP contribution >= 0.6 is 24.0 Å². The molecule has 1 aromatic carbocycles. The van der Waals surface area contributed by atoms with Crippen LogP contribution in [0.5, 0.6) is 0 Å². The molecule has 0 saturated carbocycles. The van der Waals surface area contributed by atoms with Crippen LogP contribution in [-0.2, 0) is 21.1 Å². The van der Waals surface area contributed by atoms with Gasteiger partial charge in [-0.2, -0.15) is 0 Å². The second-order valence-electron chi connectivity index (χ2n) is 6.46. The molecular weight excluding hydrogens is 479 g/mol. The fourth-order valence-corrected chi connectivity index (χ4v) is 3.49. The van der Waals surface area contributed by atoms with E-state index < -0.39 is 9.84 Å². The van der Waals surface area contributed by atoms with E-state index in [1.54, 1.807) is 19.2 Å². The topological polar surface area (TPSA) is 90.9 Å². The number of halogens is 1. The summed E-state index contributed by atoms with van der Waals surface area (Å²) in [5.74, 6) is 0.687. The fourth-order valence-electron chi connectivity index (χ4n) is 2.86. The summed E-state index contributed by atoms with van der Waals surface area (Å²) in [4.78, 5) is 18.5. The molecule has 7 nitrogen and oxygen atoms in total. The van der Waals surface area contributed by atoms with Crippen molar-refractivity contribution in [3.05, 3.63) is 29.8 Å². The average molecular weight is 508 g/mol. The van der Waals surface area contributed by atoms with Crippen molar-refractivity contribution in [2.75, 3.05) is 39.5 Å². The standard InChI is InChI=1S/C18H28N4O3S.HI/c1-19-18(21-14-17(23)22-12-4-3-5-13-22)20-11-10-15-6-8-16(9-7-15)26(2,24)25;/h6-9H,3-5,10-14H2,1-2H3,(H2,19,20,21);1H. The van der Waals surface area contributed by atoms with E-state index in [1.165, 1.54) is 12.7 Å². The van der Waals surface area contributed by atoms with E-state index in [9.17, 15) is 13.2 Å². The molecule has 1 heterocycles. The van der Waals surface area contributed by atoms with Gasteiger partial charge < -0.3 is 15.5 Å². The minimum absolute atomic E-state index is 0. The number of hydrogen-bond acceptors (Lipinski definition) is 4. The van der Waals surface area contributed by atoms with Crippen LogP contribution in [0.25, 0.3) is 0 Å². The highest BCUT2D eigenvalue weighted by molar-refractivity contribution is 14.0. The number of sulfone groups is 1. The summed E-state index contributed by atoms with van der Waals surface area (Å²) in [6.45, 7) is 2.56. The number of rotatable bonds is 6. The first-order valence-electron chi connectivity index (χ1n) is 8.91. The first-order chi connectivity index (χ1) is 12.4. The molecule has 27 heavy (non-hydrogen) atoms. The Morgan fingerprint density at radius 3 is 2.30 bits per heavy atom. The zero-order chi connectivity index (χ0) is 19.0. The van der Waals surface area contributed by atoms with Gasteiger partial charge in [-0.1, -0.05) is 12.1 Å². The minimum Gasteiger partial charge on any atom is -0.356 e. The molecule has 152 valence electrons. The first-order valence-corrected chi connectivity index (χ1v) is 10.8. The van der Waals surface area contributed by atoms with Crippen LogP contribution in [0, 0.1) is 0 Å². The predicted molar refractivity (Wildman–Crippen MR) is 118 cm³/mol. The van der Waals surface area contributed by atoms with E-state index in [0.717, 1.165) is 37.9 Å². The molecular formula is C18H29IN4O3S. The number of carbonyl (C=O) groups is 1. The molecule has 0 atom stereocenters. The number of hydrogen-bond donors (Lipinski definition) is 2. The van der Waals surface area contributed by atoms with Gasteiger partial charge in [0.25, 0.3) is 0 Å². The van der Waals surface area contributed by atoms with Crippen molar-refractivity contribution in [2.45, 2.75) is 30.6 Å². The van der Waals surface area contributed by atoms with Gasteiger partial charge in [-0.25, -0.2) is 8.42 Å². The molecule has 0 unspecified atom stereocenters. The maximum Gasteiger partial charge on any atom is 0.241 e. The quantitative estimate of drug-likeness (QED) is 0.345. The van der Waals surface area contributed by atoms with E-state index in [2.05, 4.69) is 15.6 Å². The summed E-state index contributed by atoms with van der Waals surface area (Å²) in [5, 5.41) is 6.22. The van der Waals surface area contributed by atoms with Crippen molar-refractivity contribution in [1.29, 1.82) is 0 Å². The second kappa shape index (κ2) is 11.5. The van der Waals surface area contributed by atoms with Gasteiger partial charge in [-0.15, -0.1) is 24.0 Å². The molecule has 0 aromatic heterocycles. The summed E-state index contributed by atoms with van der Waals surface area (Å²) < 4.78 is 22.9. The maximum atomic E-state index is 12.2. The summed E-state index contributed by atoms with van der Waals surface area (Å²) >= 11 is 0. The smallest absolute Gasteiger partial charge is 0.241 e. The van der Waals surface area contributed by atoms with E-state index >= 15 is 0 Å². The Morgan fingerprint density at radius 1 is 1.11 bits per heavy atom. The number of nitrogens with one attached hydrogen (secondary N) is 2. The Morgan fingerprint density at radius 2 is 1.74 bits per heavy atom. The number of amides is 1. The Kier molecular flexibility index (Phi) is 10.1. The van der Waals surface area contributed by atoms with Crippen LogP contribution in [0.2, 0.25) is 0 Å². The lowest BCUT2D eigenvalue weighted by Crippen LogP contribution is -2.46. The molecule has 1 aliphatic rings. The van der Waals surface area contributed by atoms with Gasteiger partial charge >= 0.3 is 0 Å². The van der Waals surface area contributed by atoms with Crippen molar-refractivity contribution < 1.29 is 13.2 Å². The Bertz CT molecular complexity index is 729. The largest absolute Gasteiger partial charge is 0.356 e. The van der Waals surface area contributed by atoms with Crippen LogP contribution in [0.15, 0.2) is 34.2 Å². The Balaban J connectivity index is 0.00000364. The second-order valence-corrected chi connectivity index (χ2v) is 8.48. The fraction of sp³-hybridized carbons (Fsp3) is 0.556. The first kappa shape index (κ1) is 23.7. The van der Waals surface area contributed by atoms with Crippen LogP contribution in [0.3, 0.4) is 0 Å². The zero-order valence-corrected chi connectivity index (χ0v) is 19.0. The van der Waals surface area contributed by atoms with E-state index in [1.807, 2.05) is 17.0 Å². The third kappa shape index (κ3) is 8.04. The molecule has 2 N–H and O–H groups in total. The van der Waals surface area contributed by atoms with E-state index in [-0.39, 0.29) is 36.4 Å². The normalized spacial score (nSPS) is 15.0. The highest BCUT2D eigenvalue weighted by atomic mass is 127. The Labute approximate surface area is 178 Å². The number of nitrogens with zero attached hydrogens (tertiary/aromatic N) is 2. The van der Waals surface area contributed by atoms with Crippen molar-refractivity contribution in [3.63, 3.8) is 0 Å². The van der Waals surface area contributed by atoms with Gasteiger partial charge in [0.2, 0.25) is 5.91 Å². The molecule has 2 rings (SSSR count). The molecule has 1 aromatic rings.